The van der Waals surface area contributed by atoms with Crippen molar-refractivity contribution in [1.82, 2.24) is 9.88 Å². The number of thiazole rings is 1. The smallest absolute Gasteiger partial charge is 0.234 e. The number of anilines is 1. The van der Waals surface area contributed by atoms with Crippen LogP contribution in [0.3, 0.4) is 0 Å². The molecule has 4 rings (SSSR count). The molecule has 0 saturated carbocycles. The average Bonchev–Trinajstić information content (AvgIpc) is 3.36. The van der Waals surface area contributed by atoms with Crippen LogP contribution in [0, 0.1) is 13.8 Å². The lowest BCUT2D eigenvalue weighted by atomic mass is 10.1. The number of aryl methyl sites for hydroxylation is 2. The van der Waals surface area contributed by atoms with Crippen molar-refractivity contribution in [3.63, 3.8) is 0 Å². The Morgan fingerprint density at radius 2 is 1.93 bits per heavy atom. The second-order valence-electron chi connectivity index (χ2n) is 7.61. The first-order valence-corrected chi connectivity index (χ1v) is 12.2. The quantitative estimate of drug-likeness (QED) is 0.498. The van der Waals surface area contributed by atoms with E-state index in [1.165, 1.54) is 16.9 Å². The van der Waals surface area contributed by atoms with Crippen molar-refractivity contribution in [2.45, 2.75) is 26.7 Å². The van der Waals surface area contributed by atoms with Crippen LogP contribution in [0.4, 0.5) is 5.13 Å². The molecule has 1 fully saturated rings. The van der Waals surface area contributed by atoms with Gasteiger partial charge in [-0.2, -0.15) is 0 Å². The van der Waals surface area contributed by atoms with E-state index in [0.29, 0.717) is 17.3 Å². The SMILES string of the molecule is Cc1ccc(C)c2sc(N(CCCN3CCOCC3)C(=O)Cc3ccc(Cl)s3)nc12. The van der Waals surface area contributed by atoms with Crippen LogP contribution in [0.15, 0.2) is 24.3 Å². The Bertz CT molecular complexity index is 988. The summed E-state index contributed by atoms with van der Waals surface area (Å²) in [7, 11) is 0. The first-order chi connectivity index (χ1) is 14.5. The van der Waals surface area contributed by atoms with Crippen LogP contribution in [-0.4, -0.2) is 55.2 Å². The third kappa shape index (κ3) is 5.03. The number of aromatic nitrogens is 1. The standard InChI is InChI=1S/C22H26ClN3O2S2/c1-15-4-5-16(2)21-20(15)24-22(30-21)26(9-3-8-25-10-12-28-13-11-25)19(27)14-17-6-7-18(23)29-17/h4-7H,3,8-14H2,1-2H3. The van der Waals surface area contributed by atoms with E-state index in [1.807, 2.05) is 17.0 Å². The van der Waals surface area contributed by atoms with E-state index in [-0.39, 0.29) is 5.91 Å². The summed E-state index contributed by atoms with van der Waals surface area (Å²) in [5.74, 6) is 0.0739. The van der Waals surface area contributed by atoms with Gasteiger partial charge in [0.2, 0.25) is 5.91 Å². The van der Waals surface area contributed by atoms with Gasteiger partial charge in [0.05, 0.1) is 34.2 Å². The van der Waals surface area contributed by atoms with Crippen LogP contribution < -0.4 is 4.90 Å². The minimum Gasteiger partial charge on any atom is -0.379 e. The van der Waals surface area contributed by atoms with Crippen LogP contribution in [0.5, 0.6) is 0 Å². The Morgan fingerprint density at radius 1 is 1.17 bits per heavy atom. The fraction of sp³-hybridized carbons (Fsp3) is 0.455. The number of carbonyl (C=O) groups is 1. The topological polar surface area (TPSA) is 45.7 Å². The molecule has 8 heteroatoms. The number of hydrogen-bond donors (Lipinski definition) is 0. The van der Waals surface area contributed by atoms with Crippen LogP contribution in [-0.2, 0) is 16.0 Å². The molecule has 160 valence electrons. The highest BCUT2D eigenvalue weighted by molar-refractivity contribution is 7.22. The van der Waals surface area contributed by atoms with Gasteiger partial charge >= 0.3 is 0 Å². The van der Waals surface area contributed by atoms with E-state index >= 15 is 0 Å². The number of hydrogen-bond acceptors (Lipinski definition) is 6. The monoisotopic (exact) mass is 463 g/mol. The van der Waals surface area contributed by atoms with Gasteiger partial charge in [-0.1, -0.05) is 35.1 Å². The van der Waals surface area contributed by atoms with Crippen molar-refractivity contribution in [1.29, 1.82) is 0 Å². The third-order valence-corrected chi connectivity index (χ3v) is 7.82. The fourth-order valence-corrected chi connectivity index (χ4v) is 5.89. The van der Waals surface area contributed by atoms with Crippen molar-refractivity contribution >= 4 is 55.5 Å². The molecule has 1 aromatic carbocycles. The highest BCUT2D eigenvalue weighted by Gasteiger charge is 2.22. The summed E-state index contributed by atoms with van der Waals surface area (Å²) in [6.07, 6.45) is 1.26. The van der Waals surface area contributed by atoms with E-state index in [4.69, 9.17) is 21.3 Å². The van der Waals surface area contributed by atoms with Crippen LogP contribution in [0.1, 0.15) is 22.4 Å². The van der Waals surface area contributed by atoms with Crippen LogP contribution >= 0.6 is 34.3 Å². The van der Waals surface area contributed by atoms with Gasteiger partial charge < -0.3 is 4.74 Å². The van der Waals surface area contributed by atoms with Gasteiger partial charge in [0.25, 0.3) is 0 Å². The maximum atomic E-state index is 13.3. The van der Waals surface area contributed by atoms with Gasteiger partial charge in [-0.25, -0.2) is 4.98 Å². The lowest BCUT2D eigenvalue weighted by Gasteiger charge is -2.27. The van der Waals surface area contributed by atoms with Gasteiger partial charge in [-0.15, -0.1) is 11.3 Å². The van der Waals surface area contributed by atoms with Gasteiger partial charge in [0.1, 0.15) is 0 Å². The molecule has 0 atom stereocenters. The second-order valence-corrected chi connectivity index (χ2v) is 10.4. The van der Waals surface area contributed by atoms with Crippen molar-refractivity contribution in [2.75, 3.05) is 44.3 Å². The number of nitrogens with zero attached hydrogens (tertiary/aromatic N) is 3. The van der Waals surface area contributed by atoms with Gasteiger partial charge in [0, 0.05) is 31.1 Å². The molecule has 0 aliphatic carbocycles. The van der Waals surface area contributed by atoms with Crippen LogP contribution in [0.2, 0.25) is 4.34 Å². The molecule has 2 aromatic heterocycles. The molecule has 1 aliphatic rings. The largest absolute Gasteiger partial charge is 0.379 e. The Hall–Kier alpha value is -1.51. The Kier molecular flexibility index (Phi) is 7.05. The molecule has 1 aliphatic heterocycles. The summed E-state index contributed by atoms with van der Waals surface area (Å²) < 4.78 is 7.31. The Labute approximate surface area is 190 Å². The van der Waals surface area contributed by atoms with E-state index in [1.54, 1.807) is 11.3 Å². The van der Waals surface area contributed by atoms with Gasteiger partial charge in [-0.3, -0.25) is 14.6 Å². The molecule has 3 heterocycles. The summed E-state index contributed by atoms with van der Waals surface area (Å²) in [4.78, 5) is 23.4. The molecule has 0 radical (unpaired) electrons. The van der Waals surface area contributed by atoms with Crippen molar-refractivity contribution < 1.29 is 9.53 Å². The fourth-order valence-electron chi connectivity index (χ4n) is 3.66. The van der Waals surface area contributed by atoms with Crippen molar-refractivity contribution in [3.05, 3.63) is 44.6 Å². The summed E-state index contributed by atoms with van der Waals surface area (Å²) >= 11 is 9.14. The van der Waals surface area contributed by atoms with E-state index in [9.17, 15) is 4.79 Å². The average molecular weight is 464 g/mol. The molecule has 3 aromatic rings. The molecular weight excluding hydrogens is 438 g/mol. The number of carbonyl (C=O) groups excluding carboxylic acids is 1. The first-order valence-electron chi connectivity index (χ1n) is 10.2. The maximum Gasteiger partial charge on any atom is 0.234 e. The molecule has 0 N–H and O–H groups in total. The molecule has 1 amide bonds. The van der Waals surface area contributed by atoms with Crippen LogP contribution in [0.25, 0.3) is 10.2 Å². The Balaban J connectivity index is 1.55. The molecule has 0 bridgehead atoms. The summed E-state index contributed by atoms with van der Waals surface area (Å²) in [6, 6.07) is 8.00. The molecule has 5 nitrogen and oxygen atoms in total. The second kappa shape index (κ2) is 9.75. The minimum absolute atomic E-state index is 0.0739. The van der Waals surface area contributed by atoms with Crippen molar-refractivity contribution in [3.8, 4) is 0 Å². The minimum atomic E-state index is 0.0739. The van der Waals surface area contributed by atoms with Crippen molar-refractivity contribution in [2.24, 2.45) is 0 Å². The van der Waals surface area contributed by atoms with E-state index < -0.39 is 0 Å². The number of rotatable bonds is 7. The number of ether oxygens (including phenoxy) is 1. The predicted molar refractivity (Wildman–Crippen MR) is 126 cm³/mol. The first kappa shape index (κ1) is 21.7. The highest BCUT2D eigenvalue weighted by Crippen LogP contribution is 2.34. The normalized spacial score (nSPS) is 15.0. The highest BCUT2D eigenvalue weighted by atomic mass is 35.5. The number of thiophene rings is 1. The number of fused-ring (bicyclic) bond motifs is 1. The zero-order chi connectivity index (χ0) is 21.1. The number of halogens is 1. The lowest BCUT2D eigenvalue weighted by Crippen LogP contribution is -2.39. The summed E-state index contributed by atoms with van der Waals surface area (Å²) in [5.41, 5.74) is 3.34. The lowest BCUT2D eigenvalue weighted by molar-refractivity contribution is -0.118. The third-order valence-electron chi connectivity index (χ3n) is 5.38. The molecule has 0 spiro atoms. The maximum absolute atomic E-state index is 13.3. The molecule has 1 saturated heterocycles. The van der Waals surface area contributed by atoms with E-state index in [2.05, 4.69) is 30.9 Å². The zero-order valence-electron chi connectivity index (χ0n) is 17.3. The molecular formula is C22H26ClN3O2S2. The Morgan fingerprint density at radius 3 is 2.63 bits per heavy atom. The number of amides is 1. The molecule has 30 heavy (non-hydrogen) atoms. The van der Waals surface area contributed by atoms with Gasteiger partial charge in [-0.05, 0) is 43.5 Å². The zero-order valence-corrected chi connectivity index (χ0v) is 19.7. The molecule has 0 unspecified atom stereocenters. The predicted octanol–water partition coefficient (Wildman–Crippen LogP) is 4.93. The summed E-state index contributed by atoms with van der Waals surface area (Å²) in [6.45, 7) is 9.29. The van der Waals surface area contributed by atoms with E-state index in [0.717, 1.165) is 65.1 Å². The summed E-state index contributed by atoms with van der Waals surface area (Å²) in [5, 5.41) is 0.789. The number of morpholine rings is 1. The number of benzene rings is 1. The van der Waals surface area contributed by atoms with Gasteiger partial charge in [0.15, 0.2) is 5.13 Å².